The normalized spacial score (nSPS) is 31.2. The van der Waals surface area contributed by atoms with E-state index in [9.17, 15) is 9.90 Å². The van der Waals surface area contributed by atoms with Crippen molar-refractivity contribution in [1.29, 1.82) is 0 Å². The third-order valence-electron chi connectivity index (χ3n) is 14.8. The van der Waals surface area contributed by atoms with E-state index in [2.05, 4.69) is 107 Å². The Morgan fingerprint density at radius 2 is 1.48 bits per heavy atom. The van der Waals surface area contributed by atoms with Crippen molar-refractivity contribution < 1.29 is 18.8 Å². The summed E-state index contributed by atoms with van der Waals surface area (Å²) in [4.78, 5) is 13.0. The van der Waals surface area contributed by atoms with E-state index >= 15 is 0 Å². The van der Waals surface area contributed by atoms with Crippen LogP contribution in [0, 0.1) is 28.6 Å². The number of rotatable bonds is 14. The van der Waals surface area contributed by atoms with Crippen LogP contribution >= 0.6 is 0 Å². The molecule has 0 bridgehead atoms. The van der Waals surface area contributed by atoms with E-state index in [4.69, 9.17) is 8.85 Å². The summed E-state index contributed by atoms with van der Waals surface area (Å²) in [5, 5.41) is 11.6. The largest absolute Gasteiger partial charge is 0.414 e. The number of hydrogen-bond donors (Lipinski definition) is 1. The molecule has 1 N–H and O–H groups in total. The lowest BCUT2D eigenvalue weighted by Gasteiger charge is -2.45. The Labute approximate surface area is 311 Å². The van der Waals surface area contributed by atoms with Crippen molar-refractivity contribution >= 4 is 22.4 Å². The Bertz CT molecular complexity index is 1220. The lowest BCUT2D eigenvalue weighted by atomic mass is 9.61. The van der Waals surface area contributed by atoms with Crippen molar-refractivity contribution in [3.8, 4) is 0 Å². The number of ketones is 1. The Morgan fingerprint density at radius 1 is 0.900 bits per heavy atom. The molecule has 4 fully saturated rings. The maximum Gasteiger partial charge on any atom is 0.192 e. The van der Waals surface area contributed by atoms with Gasteiger partial charge < -0.3 is 14.0 Å². The first kappa shape index (κ1) is 42.0. The predicted molar refractivity (Wildman–Crippen MR) is 217 cm³/mol. The summed E-state index contributed by atoms with van der Waals surface area (Å²) in [7, 11) is -3.81. The summed E-state index contributed by atoms with van der Waals surface area (Å²) < 4.78 is 14.2. The van der Waals surface area contributed by atoms with Crippen LogP contribution in [-0.4, -0.2) is 45.8 Å². The maximum absolute atomic E-state index is 13.0. The van der Waals surface area contributed by atoms with Gasteiger partial charge in [0.05, 0.1) is 23.7 Å². The van der Waals surface area contributed by atoms with Gasteiger partial charge in [-0.3, -0.25) is 4.79 Å². The van der Waals surface area contributed by atoms with Crippen LogP contribution in [0.1, 0.15) is 152 Å². The van der Waals surface area contributed by atoms with E-state index in [0.717, 1.165) is 51.4 Å². The van der Waals surface area contributed by atoms with E-state index in [1.54, 1.807) is 5.57 Å². The zero-order chi connectivity index (χ0) is 37.3. The monoisotopic (exact) mass is 727 g/mol. The fourth-order valence-corrected chi connectivity index (χ4v) is 12.0. The molecule has 4 saturated carbocycles. The Morgan fingerprint density at radius 3 is 2.00 bits per heavy atom. The third-order valence-corrected chi connectivity index (χ3v) is 23.8. The van der Waals surface area contributed by atoms with Crippen molar-refractivity contribution in [1.82, 2.24) is 0 Å². The summed E-state index contributed by atoms with van der Waals surface area (Å²) in [6, 6.07) is 0. The minimum absolute atomic E-state index is 0.188. The number of carbonyl (C=O) groups is 1. The molecule has 4 aliphatic rings. The summed E-state index contributed by atoms with van der Waals surface area (Å²) >= 11 is 0. The number of carbonyl (C=O) groups excluding carboxylic acids is 1. The first-order chi connectivity index (χ1) is 23.1. The van der Waals surface area contributed by atoms with Gasteiger partial charge in [-0.25, -0.2) is 0 Å². The molecule has 4 aliphatic carbocycles. The molecule has 0 unspecified atom stereocenters. The minimum atomic E-state index is -1.91. The minimum Gasteiger partial charge on any atom is -0.414 e. The van der Waals surface area contributed by atoms with Crippen molar-refractivity contribution in [3.05, 3.63) is 35.5 Å². The van der Waals surface area contributed by atoms with E-state index in [1.807, 2.05) is 6.08 Å². The van der Waals surface area contributed by atoms with E-state index in [0.29, 0.717) is 24.2 Å². The highest BCUT2D eigenvalue weighted by Gasteiger charge is 2.54. The predicted octanol–water partition coefficient (Wildman–Crippen LogP) is 12.5. The molecule has 0 amide bonds. The van der Waals surface area contributed by atoms with Crippen molar-refractivity contribution in [2.75, 3.05) is 0 Å². The molecule has 50 heavy (non-hydrogen) atoms. The molecule has 0 spiro atoms. The van der Waals surface area contributed by atoms with Gasteiger partial charge >= 0.3 is 0 Å². The van der Waals surface area contributed by atoms with Crippen molar-refractivity contribution in [2.45, 2.75) is 207 Å². The Kier molecular flexibility index (Phi) is 13.3. The lowest BCUT2D eigenvalue weighted by Crippen LogP contribution is -2.48. The summed E-state index contributed by atoms with van der Waals surface area (Å²) in [5.74, 6) is 1.90. The molecule has 0 aromatic carbocycles. The fraction of sp³-hybridized carbons (Fsp3) is 0.841. The van der Waals surface area contributed by atoms with Crippen LogP contribution in [-0.2, 0) is 13.6 Å². The summed E-state index contributed by atoms with van der Waals surface area (Å²) in [5.41, 5.74) is 2.93. The number of aliphatic hydroxyl groups excluding tert-OH is 1. The van der Waals surface area contributed by atoms with Gasteiger partial charge in [-0.05, 0) is 130 Å². The third kappa shape index (κ3) is 9.46. The topological polar surface area (TPSA) is 55.8 Å². The molecule has 0 heterocycles. The van der Waals surface area contributed by atoms with Gasteiger partial charge in [0.1, 0.15) is 5.78 Å². The molecule has 0 aromatic rings. The molecule has 286 valence electrons. The number of Topliss-reactive ketones (excluding diaryl/α,β-unsaturated/α-hetero) is 1. The van der Waals surface area contributed by atoms with Gasteiger partial charge in [0.2, 0.25) is 0 Å². The van der Waals surface area contributed by atoms with E-state index < -0.39 is 28.2 Å². The standard InChI is InChI=1S/C44H78O4Si2/c1-14-15-16-19-39(45)44(27-28-44)40(46)25-20-32(2)37-23-24-38-34(18-17-26-43(37,38)9)22-21-33-29-35(47-49(10,11)41(3,4)5)31-36(30-33)48-50(12,13)42(6,7)8/h20-22,25,32,35-38,40,46H,14-19,23-24,26-31H2,1-13H3/b25-20+,34-22+/t32-,35-,36-,37-,38+,40+,43-/m1/s1. The summed E-state index contributed by atoms with van der Waals surface area (Å²) in [6.07, 6.45) is 23.9. The van der Waals surface area contributed by atoms with Crippen LogP contribution in [0.4, 0.5) is 0 Å². The van der Waals surface area contributed by atoms with Crippen molar-refractivity contribution in [3.63, 3.8) is 0 Å². The van der Waals surface area contributed by atoms with Gasteiger partial charge in [0.15, 0.2) is 16.6 Å². The molecule has 0 aromatic heterocycles. The second-order valence-corrected chi connectivity index (χ2v) is 30.0. The SMILES string of the molecule is CCCCCC(=O)C1([C@@H](O)/C=C/[C@@H](C)[C@H]2CC[C@H]3/C(=C/C=C4C[C@@H](O[Si](C)(C)C(C)(C)C)C[C@H](O[Si](C)(C)C(C)(C)C)C4)CCC[C@]23C)CC1. The van der Waals surface area contributed by atoms with Crippen LogP contribution in [0.3, 0.4) is 0 Å². The average molecular weight is 727 g/mol. The second kappa shape index (κ2) is 15.9. The van der Waals surface area contributed by atoms with Gasteiger partial charge in [0, 0.05) is 6.42 Å². The second-order valence-electron chi connectivity index (χ2n) is 20.5. The van der Waals surface area contributed by atoms with Crippen LogP contribution in [0.2, 0.25) is 36.3 Å². The van der Waals surface area contributed by atoms with E-state index in [1.165, 1.54) is 37.7 Å². The van der Waals surface area contributed by atoms with Crippen LogP contribution in [0.15, 0.2) is 35.5 Å². The fourth-order valence-electron chi connectivity index (χ4n) is 9.26. The molecule has 0 radical (unpaired) electrons. The number of aliphatic hydroxyl groups is 1. The van der Waals surface area contributed by atoms with Gasteiger partial charge in [-0.15, -0.1) is 0 Å². The molecule has 0 aliphatic heterocycles. The molecular formula is C44H78O4Si2. The van der Waals surface area contributed by atoms with Gasteiger partial charge in [0.25, 0.3) is 0 Å². The van der Waals surface area contributed by atoms with Crippen LogP contribution in [0.5, 0.6) is 0 Å². The first-order valence-corrected chi connectivity index (χ1v) is 26.5. The average Bonchev–Trinajstić information content (AvgIpc) is 3.73. The van der Waals surface area contributed by atoms with Gasteiger partial charge in [-0.2, -0.15) is 0 Å². The highest BCUT2D eigenvalue weighted by molar-refractivity contribution is 6.74. The number of unbranched alkanes of at least 4 members (excludes halogenated alkanes) is 2. The Balaban J connectivity index is 1.49. The van der Waals surface area contributed by atoms with Crippen molar-refractivity contribution in [2.24, 2.45) is 28.6 Å². The van der Waals surface area contributed by atoms with Crippen LogP contribution in [0.25, 0.3) is 0 Å². The molecule has 0 saturated heterocycles. The smallest absolute Gasteiger partial charge is 0.192 e. The summed E-state index contributed by atoms with van der Waals surface area (Å²) in [6.45, 7) is 30.8. The van der Waals surface area contributed by atoms with E-state index in [-0.39, 0.29) is 33.5 Å². The van der Waals surface area contributed by atoms with Crippen LogP contribution < -0.4 is 0 Å². The molecule has 7 atom stereocenters. The number of allylic oxidation sites excluding steroid dienone is 4. The maximum atomic E-state index is 13.0. The molecule has 4 rings (SSSR count). The zero-order valence-electron chi connectivity index (χ0n) is 34.8. The number of hydrogen-bond acceptors (Lipinski definition) is 4. The highest BCUT2D eigenvalue weighted by atomic mass is 28.4. The molecular weight excluding hydrogens is 649 g/mol. The quantitative estimate of drug-likeness (QED) is 0.110. The Hall–Kier alpha value is -0.796. The molecule has 6 heteroatoms. The zero-order valence-corrected chi connectivity index (χ0v) is 36.8. The first-order valence-electron chi connectivity index (χ1n) is 20.7. The van der Waals surface area contributed by atoms with Gasteiger partial charge in [-0.1, -0.05) is 111 Å². The molecule has 4 nitrogen and oxygen atoms in total. The number of fused-ring (bicyclic) bond motifs is 1. The lowest BCUT2D eigenvalue weighted by molar-refractivity contribution is -0.127. The highest BCUT2D eigenvalue weighted by Crippen LogP contribution is 2.60.